The Morgan fingerprint density at radius 3 is 2.65 bits per heavy atom. The molecule has 0 spiro atoms. The van der Waals surface area contributed by atoms with Crippen LogP contribution in [0, 0.1) is 0 Å². The first-order chi connectivity index (χ1) is 8.19. The van der Waals surface area contributed by atoms with Crippen molar-refractivity contribution in [3.8, 4) is 0 Å². The number of para-hydroxylation sites is 2. The lowest BCUT2D eigenvalue weighted by Crippen LogP contribution is -2.33. The highest BCUT2D eigenvalue weighted by Gasteiger charge is 2.09. The maximum Gasteiger partial charge on any atom is 0.321 e. The minimum Gasteiger partial charge on any atom is -0.395 e. The third-order valence-electron chi connectivity index (χ3n) is 2.17. The highest BCUT2D eigenvalue weighted by atomic mass is 16.3. The second-order valence-corrected chi connectivity index (χ2v) is 3.38. The van der Waals surface area contributed by atoms with Gasteiger partial charge in [-0.05, 0) is 12.1 Å². The molecule has 0 saturated heterocycles. The summed E-state index contributed by atoms with van der Waals surface area (Å²) in [6.07, 6.45) is 0.544. The van der Waals surface area contributed by atoms with Crippen molar-refractivity contribution >= 4 is 23.8 Å². The van der Waals surface area contributed by atoms with E-state index in [0.717, 1.165) is 0 Å². The molecule has 0 radical (unpaired) electrons. The van der Waals surface area contributed by atoms with Crippen LogP contribution in [0.4, 0.5) is 16.2 Å². The van der Waals surface area contributed by atoms with Gasteiger partial charge in [-0.25, -0.2) is 4.79 Å². The smallest absolute Gasteiger partial charge is 0.321 e. The van der Waals surface area contributed by atoms with Crippen LogP contribution in [0.3, 0.4) is 0 Å². The van der Waals surface area contributed by atoms with Crippen LogP contribution in [0.1, 0.15) is 0 Å². The minimum atomic E-state index is -0.348. The number of hydrogen-bond acceptors (Lipinski definition) is 3. The van der Waals surface area contributed by atoms with Gasteiger partial charge in [0.1, 0.15) is 0 Å². The first kappa shape index (κ1) is 13.0. The fourth-order valence-electron chi connectivity index (χ4n) is 1.24. The molecule has 0 fully saturated rings. The lowest BCUT2D eigenvalue weighted by molar-refractivity contribution is -0.105. The van der Waals surface area contributed by atoms with E-state index in [9.17, 15) is 9.59 Å². The lowest BCUT2D eigenvalue weighted by Gasteiger charge is -2.17. The van der Waals surface area contributed by atoms with Crippen LogP contribution >= 0.6 is 0 Å². The number of urea groups is 1. The molecule has 1 aromatic carbocycles. The molecule has 0 saturated carbocycles. The average Bonchev–Trinajstić information content (AvgIpc) is 2.32. The zero-order valence-electron chi connectivity index (χ0n) is 9.51. The van der Waals surface area contributed by atoms with Gasteiger partial charge < -0.3 is 20.6 Å². The number of benzene rings is 1. The van der Waals surface area contributed by atoms with E-state index >= 15 is 0 Å². The summed E-state index contributed by atoms with van der Waals surface area (Å²) < 4.78 is 0. The Bertz CT molecular complexity index is 395. The van der Waals surface area contributed by atoms with Crippen molar-refractivity contribution < 1.29 is 14.7 Å². The molecular formula is C11H15N3O3. The Kier molecular flexibility index (Phi) is 4.96. The molecule has 3 N–H and O–H groups in total. The monoisotopic (exact) mass is 237 g/mol. The normalized spacial score (nSPS) is 9.53. The SMILES string of the molecule is CN(CCO)C(=O)Nc1ccccc1NC=O. The van der Waals surface area contributed by atoms with E-state index in [0.29, 0.717) is 17.8 Å². The summed E-state index contributed by atoms with van der Waals surface area (Å²) in [6.45, 7) is 0.146. The van der Waals surface area contributed by atoms with E-state index < -0.39 is 0 Å². The Hall–Kier alpha value is -2.08. The van der Waals surface area contributed by atoms with E-state index in [1.54, 1.807) is 31.3 Å². The Morgan fingerprint density at radius 1 is 1.41 bits per heavy atom. The molecule has 6 nitrogen and oxygen atoms in total. The summed E-state index contributed by atoms with van der Waals surface area (Å²) in [5.41, 5.74) is 1.03. The number of likely N-dealkylation sites (N-methyl/N-ethyl adjacent to an activating group) is 1. The maximum atomic E-state index is 11.6. The number of aliphatic hydroxyl groups excluding tert-OH is 1. The molecule has 0 unspecified atom stereocenters. The lowest BCUT2D eigenvalue weighted by atomic mass is 10.2. The van der Waals surface area contributed by atoms with Gasteiger partial charge >= 0.3 is 6.03 Å². The summed E-state index contributed by atoms with van der Waals surface area (Å²) in [4.78, 5) is 23.4. The van der Waals surface area contributed by atoms with Crippen LogP contribution in [0.25, 0.3) is 0 Å². The predicted molar refractivity (Wildman–Crippen MR) is 64.9 cm³/mol. The number of carbonyl (C=O) groups is 2. The minimum absolute atomic E-state index is 0.0991. The molecule has 92 valence electrons. The largest absolute Gasteiger partial charge is 0.395 e. The number of anilines is 2. The van der Waals surface area contributed by atoms with Crippen molar-refractivity contribution in [3.63, 3.8) is 0 Å². The van der Waals surface area contributed by atoms with Gasteiger partial charge in [0.25, 0.3) is 0 Å². The molecule has 17 heavy (non-hydrogen) atoms. The molecule has 3 amide bonds. The number of nitrogens with one attached hydrogen (secondary N) is 2. The average molecular weight is 237 g/mol. The van der Waals surface area contributed by atoms with Gasteiger partial charge in [-0.15, -0.1) is 0 Å². The van der Waals surface area contributed by atoms with E-state index in [2.05, 4.69) is 10.6 Å². The van der Waals surface area contributed by atoms with Crippen molar-refractivity contribution in [2.24, 2.45) is 0 Å². The van der Waals surface area contributed by atoms with E-state index in [-0.39, 0.29) is 19.2 Å². The number of rotatable bonds is 5. The molecule has 0 bridgehead atoms. The number of amides is 3. The molecule has 0 aromatic heterocycles. The predicted octanol–water partition coefficient (Wildman–Crippen LogP) is 0.711. The van der Waals surface area contributed by atoms with Crippen molar-refractivity contribution in [3.05, 3.63) is 24.3 Å². The molecule has 0 heterocycles. The molecule has 0 aliphatic carbocycles. The van der Waals surface area contributed by atoms with Gasteiger partial charge in [0.15, 0.2) is 0 Å². The summed E-state index contributed by atoms with van der Waals surface area (Å²) in [6, 6.07) is 6.50. The molecule has 0 atom stereocenters. The second kappa shape index (κ2) is 6.49. The van der Waals surface area contributed by atoms with Crippen molar-refractivity contribution in [2.45, 2.75) is 0 Å². The number of hydrogen-bond donors (Lipinski definition) is 3. The molecular weight excluding hydrogens is 222 g/mol. The summed E-state index contributed by atoms with van der Waals surface area (Å²) in [7, 11) is 1.57. The third kappa shape index (κ3) is 3.76. The van der Waals surface area contributed by atoms with Crippen LogP contribution in [0.2, 0.25) is 0 Å². The van der Waals surface area contributed by atoms with Gasteiger partial charge in [-0.2, -0.15) is 0 Å². The molecule has 1 rings (SSSR count). The fourth-order valence-corrected chi connectivity index (χ4v) is 1.24. The van der Waals surface area contributed by atoms with Crippen molar-refractivity contribution in [2.75, 3.05) is 30.8 Å². The van der Waals surface area contributed by atoms with Gasteiger partial charge in [0.2, 0.25) is 6.41 Å². The van der Waals surface area contributed by atoms with Gasteiger partial charge in [0.05, 0.1) is 18.0 Å². The first-order valence-corrected chi connectivity index (χ1v) is 5.11. The maximum absolute atomic E-state index is 11.6. The number of carbonyl (C=O) groups excluding carboxylic acids is 2. The van der Waals surface area contributed by atoms with Crippen LogP contribution in [0.15, 0.2) is 24.3 Å². The Morgan fingerprint density at radius 2 is 2.06 bits per heavy atom. The Labute approximate surface area is 99.2 Å². The van der Waals surface area contributed by atoms with E-state index in [1.807, 2.05) is 0 Å². The third-order valence-corrected chi connectivity index (χ3v) is 2.17. The second-order valence-electron chi connectivity index (χ2n) is 3.38. The first-order valence-electron chi connectivity index (χ1n) is 5.11. The fraction of sp³-hybridized carbons (Fsp3) is 0.273. The highest BCUT2D eigenvalue weighted by molar-refractivity contribution is 5.94. The summed E-state index contributed by atoms with van der Waals surface area (Å²) in [5.74, 6) is 0. The van der Waals surface area contributed by atoms with Gasteiger partial charge in [-0.1, -0.05) is 12.1 Å². The van der Waals surface area contributed by atoms with Crippen molar-refractivity contribution in [1.29, 1.82) is 0 Å². The highest BCUT2D eigenvalue weighted by Crippen LogP contribution is 2.20. The van der Waals surface area contributed by atoms with Crippen molar-refractivity contribution in [1.82, 2.24) is 4.90 Å². The van der Waals surface area contributed by atoms with Crippen LogP contribution < -0.4 is 10.6 Å². The quantitative estimate of drug-likeness (QED) is 0.660. The summed E-state index contributed by atoms with van der Waals surface area (Å²) >= 11 is 0. The zero-order valence-corrected chi connectivity index (χ0v) is 9.51. The van der Waals surface area contributed by atoms with E-state index in [1.165, 1.54) is 4.90 Å². The number of nitrogens with zero attached hydrogens (tertiary/aromatic N) is 1. The van der Waals surface area contributed by atoms with Gasteiger partial charge in [-0.3, -0.25) is 4.79 Å². The standard InChI is InChI=1S/C11H15N3O3/c1-14(6-7-15)11(17)13-10-5-3-2-4-9(10)12-8-16/h2-5,8,15H,6-7H2,1H3,(H,12,16)(H,13,17). The topological polar surface area (TPSA) is 81.7 Å². The molecule has 1 aromatic rings. The summed E-state index contributed by atoms with van der Waals surface area (Å²) in [5, 5.41) is 13.8. The van der Waals surface area contributed by atoms with E-state index in [4.69, 9.17) is 5.11 Å². The van der Waals surface area contributed by atoms with Crippen LogP contribution in [-0.2, 0) is 4.79 Å². The van der Waals surface area contributed by atoms with Crippen LogP contribution in [-0.4, -0.2) is 42.6 Å². The molecule has 6 heteroatoms. The number of aliphatic hydroxyl groups is 1. The zero-order chi connectivity index (χ0) is 12.7. The Balaban J connectivity index is 2.73. The van der Waals surface area contributed by atoms with Gasteiger partial charge in [0, 0.05) is 13.6 Å². The molecule has 0 aliphatic rings. The van der Waals surface area contributed by atoms with Crippen LogP contribution in [0.5, 0.6) is 0 Å². The molecule has 0 aliphatic heterocycles.